The van der Waals surface area contributed by atoms with Gasteiger partial charge in [-0.05, 0) is 42.5 Å². The fraction of sp³-hybridized carbons (Fsp3) is 0.100. The molecule has 0 spiro atoms. The number of hydrogen-bond donors (Lipinski definition) is 1. The largest absolute Gasteiger partial charge is 0.437 e. The molecule has 0 bridgehead atoms. The van der Waals surface area contributed by atoms with Gasteiger partial charge in [0.25, 0.3) is 5.91 Å². The molecule has 0 fully saturated rings. The van der Waals surface area contributed by atoms with Crippen LogP contribution < -0.4 is 10.1 Å². The molecule has 162 valence electrons. The third-order valence-corrected chi connectivity index (χ3v) is 4.22. The van der Waals surface area contributed by atoms with Gasteiger partial charge in [0.05, 0.1) is 16.1 Å². The highest BCUT2D eigenvalue weighted by Gasteiger charge is 2.31. The summed E-state index contributed by atoms with van der Waals surface area (Å²) in [6.45, 7) is 0. The maximum atomic E-state index is 12.8. The second kappa shape index (κ2) is 8.46. The van der Waals surface area contributed by atoms with Gasteiger partial charge in [0.1, 0.15) is 5.75 Å². The summed E-state index contributed by atoms with van der Waals surface area (Å²) in [5, 5.41) is 2.40. The van der Waals surface area contributed by atoms with Gasteiger partial charge >= 0.3 is 12.4 Å². The number of rotatable bonds is 4. The van der Waals surface area contributed by atoms with Gasteiger partial charge in [0.15, 0.2) is 0 Å². The molecule has 0 unspecified atom stereocenters. The Morgan fingerprint density at radius 1 is 0.903 bits per heavy atom. The lowest BCUT2D eigenvalue weighted by atomic mass is 10.1. The number of hydrogen-bond acceptors (Lipinski definition) is 3. The topological polar surface area (TPSA) is 51.2 Å². The van der Waals surface area contributed by atoms with Crippen molar-refractivity contribution in [2.75, 3.05) is 5.32 Å². The van der Waals surface area contributed by atoms with Crippen molar-refractivity contribution >= 4 is 23.2 Å². The van der Waals surface area contributed by atoms with E-state index in [0.29, 0.717) is 12.3 Å². The number of amides is 1. The Hall–Kier alpha value is -3.27. The Bertz CT molecular complexity index is 1100. The SMILES string of the molecule is O=C(Nc1ccc(Oc2ccc(C(F)(F)F)cn2)c(Cl)c1)c1cccc(C(F)(F)F)c1. The van der Waals surface area contributed by atoms with Gasteiger partial charge in [-0.25, -0.2) is 4.98 Å². The van der Waals surface area contributed by atoms with E-state index in [-0.39, 0.29) is 27.9 Å². The minimum Gasteiger partial charge on any atom is -0.437 e. The summed E-state index contributed by atoms with van der Waals surface area (Å²) in [6.07, 6.45) is -8.53. The van der Waals surface area contributed by atoms with Crippen molar-refractivity contribution in [1.29, 1.82) is 0 Å². The van der Waals surface area contributed by atoms with E-state index in [1.54, 1.807) is 0 Å². The molecule has 0 aliphatic rings. The third kappa shape index (κ3) is 5.66. The Balaban J connectivity index is 1.72. The number of anilines is 1. The third-order valence-electron chi connectivity index (χ3n) is 3.92. The van der Waals surface area contributed by atoms with Crippen molar-refractivity contribution in [1.82, 2.24) is 4.98 Å². The molecule has 0 aliphatic heterocycles. The van der Waals surface area contributed by atoms with Gasteiger partial charge in [0.2, 0.25) is 5.88 Å². The summed E-state index contributed by atoms with van der Waals surface area (Å²) in [7, 11) is 0. The molecule has 1 N–H and O–H groups in total. The molecule has 2 aromatic carbocycles. The average Bonchev–Trinajstić information content (AvgIpc) is 2.69. The van der Waals surface area contributed by atoms with Crippen molar-refractivity contribution in [2.24, 2.45) is 0 Å². The van der Waals surface area contributed by atoms with Gasteiger partial charge in [-0.1, -0.05) is 17.7 Å². The molecule has 0 radical (unpaired) electrons. The van der Waals surface area contributed by atoms with E-state index >= 15 is 0 Å². The number of ether oxygens (including phenoxy) is 1. The number of nitrogens with zero attached hydrogens (tertiary/aromatic N) is 1. The number of pyridine rings is 1. The van der Waals surface area contributed by atoms with E-state index < -0.39 is 29.4 Å². The minimum atomic E-state index is -4.59. The van der Waals surface area contributed by atoms with E-state index in [9.17, 15) is 31.1 Å². The van der Waals surface area contributed by atoms with Crippen LogP contribution in [0.15, 0.2) is 60.8 Å². The van der Waals surface area contributed by atoms with E-state index in [4.69, 9.17) is 16.3 Å². The normalized spacial score (nSPS) is 11.8. The number of nitrogens with one attached hydrogen (secondary N) is 1. The van der Waals surface area contributed by atoms with Gasteiger partial charge in [-0.3, -0.25) is 4.79 Å². The second-order valence-corrected chi connectivity index (χ2v) is 6.57. The van der Waals surface area contributed by atoms with Crippen LogP contribution in [0, 0.1) is 0 Å². The van der Waals surface area contributed by atoms with Crippen LogP contribution in [-0.2, 0) is 12.4 Å². The zero-order valence-electron chi connectivity index (χ0n) is 15.2. The molecular weight excluding hydrogens is 450 g/mol. The molecule has 1 heterocycles. The molecule has 0 saturated carbocycles. The lowest BCUT2D eigenvalue weighted by Crippen LogP contribution is -2.14. The molecule has 4 nitrogen and oxygen atoms in total. The summed E-state index contributed by atoms with van der Waals surface area (Å²) < 4.78 is 81.4. The van der Waals surface area contributed by atoms with Crippen LogP contribution in [0.5, 0.6) is 11.6 Å². The molecule has 3 aromatic rings. The highest BCUT2D eigenvalue weighted by Crippen LogP contribution is 2.34. The molecule has 0 saturated heterocycles. The van der Waals surface area contributed by atoms with Crippen molar-refractivity contribution in [3.8, 4) is 11.6 Å². The van der Waals surface area contributed by atoms with Crippen LogP contribution in [0.25, 0.3) is 0 Å². The molecule has 11 heteroatoms. The van der Waals surface area contributed by atoms with Crippen LogP contribution in [0.3, 0.4) is 0 Å². The zero-order valence-corrected chi connectivity index (χ0v) is 15.9. The number of carbonyl (C=O) groups is 1. The first-order valence-corrected chi connectivity index (χ1v) is 8.80. The maximum absolute atomic E-state index is 12.8. The summed E-state index contributed by atoms with van der Waals surface area (Å²) in [6, 6.07) is 9.65. The minimum absolute atomic E-state index is 0.0106. The summed E-state index contributed by atoms with van der Waals surface area (Å²) in [5.74, 6) is -0.887. The predicted octanol–water partition coefficient (Wildman–Crippen LogP) is 6.82. The standard InChI is InChI=1S/C20H11ClF6N2O2/c21-15-9-14(29-18(30)11-2-1-3-12(8-11)19(22,23)24)5-6-16(15)31-17-7-4-13(10-28-17)20(25,26)27/h1-10H,(H,29,30). The first-order valence-electron chi connectivity index (χ1n) is 8.43. The summed E-state index contributed by atoms with van der Waals surface area (Å²) in [4.78, 5) is 15.8. The highest BCUT2D eigenvalue weighted by molar-refractivity contribution is 6.32. The Kier molecular flexibility index (Phi) is 6.12. The van der Waals surface area contributed by atoms with Gasteiger partial charge < -0.3 is 10.1 Å². The monoisotopic (exact) mass is 460 g/mol. The molecule has 3 rings (SSSR count). The first kappa shape index (κ1) is 22.4. The lowest BCUT2D eigenvalue weighted by molar-refractivity contribution is -0.138. The van der Waals surface area contributed by atoms with Crippen molar-refractivity contribution < 1.29 is 35.9 Å². The second-order valence-electron chi connectivity index (χ2n) is 6.16. The Morgan fingerprint density at radius 3 is 2.19 bits per heavy atom. The van der Waals surface area contributed by atoms with Gasteiger partial charge in [-0.2, -0.15) is 26.3 Å². The van der Waals surface area contributed by atoms with E-state index in [0.717, 1.165) is 24.3 Å². The first-order chi connectivity index (χ1) is 14.4. The van der Waals surface area contributed by atoms with Crippen molar-refractivity contribution in [3.63, 3.8) is 0 Å². The average molecular weight is 461 g/mol. The zero-order chi connectivity index (χ0) is 22.8. The van der Waals surface area contributed by atoms with Crippen LogP contribution in [0.2, 0.25) is 5.02 Å². The van der Waals surface area contributed by atoms with Crippen LogP contribution in [0.1, 0.15) is 21.5 Å². The molecule has 1 aromatic heterocycles. The lowest BCUT2D eigenvalue weighted by Gasteiger charge is -2.11. The molecule has 1 amide bonds. The highest BCUT2D eigenvalue weighted by atomic mass is 35.5. The summed E-state index contributed by atoms with van der Waals surface area (Å²) >= 11 is 6.06. The molecule has 0 atom stereocenters. The molecule has 0 aliphatic carbocycles. The number of alkyl halides is 6. The Labute approximate surface area is 176 Å². The van der Waals surface area contributed by atoms with Crippen molar-refractivity contribution in [2.45, 2.75) is 12.4 Å². The summed E-state index contributed by atoms with van der Waals surface area (Å²) in [5.41, 5.74) is -1.95. The van der Waals surface area contributed by atoms with E-state index in [1.807, 2.05) is 0 Å². The smallest absolute Gasteiger partial charge is 0.417 e. The fourth-order valence-corrected chi connectivity index (χ4v) is 2.64. The number of aromatic nitrogens is 1. The number of halogens is 7. The van der Waals surface area contributed by atoms with Crippen LogP contribution in [0.4, 0.5) is 32.0 Å². The van der Waals surface area contributed by atoms with Crippen LogP contribution in [-0.4, -0.2) is 10.9 Å². The van der Waals surface area contributed by atoms with Gasteiger partial charge in [0, 0.05) is 23.5 Å². The molecular formula is C20H11ClF6N2O2. The Morgan fingerprint density at radius 2 is 1.61 bits per heavy atom. The number of benzene rings is 2. The van der Waals surface area contributed by atoms with E-state index in [1.165, 1.54) is 24.3 Å². The predicted molar refractivity (Wildman–Crippen MR) is 100 cm³/mol. The van der Waals surface area contributed by atoms with Gasteiger partial charge in [-0.15, -0.1) is 0 Å². The number of carbonyl (C=O) groups excluding carboxylic acids is 1. The quantitative estimate of drug-likeness (QED) is 0.435. The van der Waals surface area contributed by atoms with Crippen molar-refractivity contribution in [3.05, 3.63) is 82.5 Å². The maximum Gasteiger partial charge on any atom is 0.417 e. The van der Waals surface area contributed by atoms with Crippen LogP contribution >= 0.6 is 11.6 Å². The van der Waals surface area contributed by atoms with E-state index in [2.05, 4.69) is 10.3 Å². The fourth-order valence-electron chi connectivity index (χ4n) is 2.42. The molecule has 31 heavy (non-hydrogen) atoms.